The molecule has 1 aromatic rings. The monoisotopic (exact) mass is 233 g/mol. The van der Waals surface area contributed by atoms with Gasteiger partial charge in [0.2, 0.25) is 0 Å². The fourth-order valence-corrected chi connectivity index (χ4v) is 2.63. The minimum atomic E-state index is -0.658. The number of carbonyl (C=O) groups is 1. The SMILES string of the molecule is Cc1cccc(C(C2CC2C(=O)O)N(C)C)c1. The van der Waals surface area contributed by atoms with E-state index in [9.17, 15) is 4.79 Å². The van der Waals surface area contributed by atoms with Crippen molar-refractivity contribution in [1.29, 1.82) is 0 Å². The van der Waals surface area contributed by atoms with E-state index in [-0.39, 0.29) is 17.9 Å². The first-order chi connectivity index (χ1) is 8.00. The summed E-state index contributed by atoms with van der Waals surface area (Å²) in [4.78, 5) is 13.1. The van der Waals surface area contributed by atoms with Gasteiger partial charge in [-0.2, -0.15) is 0 Å². The number of hydrogen-bond donors (Lipinski definition) is 1. The maximum Gasteiger partial charge on any atom is 0.306 e. The molecule has 0 radical (unpaired) electrons. The highest BCUT2D eigenvalue weighted by molar-refractivity contribution is 5.73. The highest BCUT2D eigenvalue weighted by Crippen LogP contribution is 2.49. The molecule has 92 valence electrons. The second-order valence-corrected chi connectivity index (χ2v) is 5.17. The van der Waals surface area contributed by atoms with Crippen molar-refractivity contribution in [3.63, 3.8) is 0 Å². The van der Waals surface area contributed by atoms with E-state index in [1.165, 1.54) is 11.1 Å². The van der Waals surface area contributed by atoms with Crippen LogP contribution in [0.1, 0.15) is 23.6 Å². The molecule has 0 saturated heterocycles. The highest BCUT2D eigenvalue weighted by Gasteiger charge is 2.49. The van der Waals surface area contributed by atoms with Gasteiger partial charge < -0.3 is 10.0 Å². The van der Waals surface area contributed by atoms with Crippen molar-refractivity contribution in [2.45, 2.75) is 19.4 Å². The molecule has 1 N–H and O–H groups in total. The van der Waals surface area contributed by atoms with Crippen LogP contribution in [-0.4, -0.2) is 30.1 Å². The molecule has 1 aliphatic rings. The van der Waals surface area contributed by atoms with E-state index in [0.29, 0.717) is 0 Å². The summed E-state index contributed by atoms with van der Waals surface area (Å²) in [5.41, 5.74) is 2.45. The number of rotatable bonds is 4. The van der Waals surface area contributed by atoms with Crippen LogP contribution in [-0.2, 0) is 4.79 Å². The molecule has 1 aliphatic carbocycles. The van der Waals surface area contributed by atoms with Gasteiger partial charge in [0.25, 0.3) is 0 Å². The highest BCUT2D eigenvalue weighted by atomic mass is 16.4. The van der Waals surface area contributed by atoms with Gasteiger partial charge in [0, 0.05) is 6.04 Å². The van der Waals surface area contributed by atoms with E-state index in [2.05, 4.69) is 30.0 Å². The molecule has 1 aromatic carbocycles. The first-order valence-corrected chi connectivity index (χ1v) is 5.96. The van der Waals surface area contributed by atoms with Crippen LogP contribution in [0.5, 0.6) is 0 Å². The van der Waals surface area contributed by atoms with Crippen LogP contribution < -0.4 is 0 Å². The molecule has 1 saturated carbocycles. The standard InChI is InChI=1S/C14H19NO2/c1-9-5-4-6-10(7-9)13(15(2)3)11-8-12(11)14(16)17/h4-7,11-13H,8H2,1-3H3,(H,16,17). The van der Waals surface area contributed by atoms with E-state index in [0.717, 1.165) is 6.42 Å². The predicted octanol–water partition coefficient (Wildman–Crippen LogP) is 2.32. The molecule has 17 heavy (non-hydrogen) atoms. The molecule has 0 heterocycles. The third-order valence-corrected chi connectivity index (χ3v) is 3.50. The van der Waals surface area contributed by atoms with Gasteiger partial charge in [-0.05, 0) is 38.9 Å². The summed E-state index contributed by atoms with van der Waals surface area (Å²) in [5, 5.41) is 9.04. The molecule has 3 heteroatoms. The van der Waals surface area contributed by atoms with Crippen LogP contribution in [0.25, 0.3) is 0 Å². The second-order valence-electron chi connectivity index (χ2n) is 5.17. The minimum Gasteiger partial charge on any atom is -0.481 e. The Morgan fingerprint density at radius 3 is 2.65 bits per heavy atom. The van der Waals surface area contributed by atoms with Crippen LogP contribution in [0.15, 0.2) is 24.3 Å². The second kappa shape index (κ2) is 4.49. The molecule has 3 unspecified atom stereocenters. The van der Waals surface area contributed by atoms with Crippen LogP contribution in [0.3, 0.4) is 0 Å². The molecular formula is C14H19NO2. The Balaban J connectivity index is 2.22. The Hall–Kier alpha value is -1.35. The van der Waals surface area contributed by atoms with E-state index in [1.54, 1.807) is 0 Å². The Bertz CT molecular complexity index is 428. The summed E-state index contributed by atoms with van der Waals surface area (Å²) >= 11 is 0. The van der Waals surface area contributed by atoms with Gasteiger partial charge in [0.05, 0.1) is 5.92 Å². The Morgan fingerprint density at radius 1 is 1.47 bits per heavy atom. The van der Waals surface area contributed by atoms with Gasteiger partial charge in [0.15, 0.2) is 0 Å². The first kappa shape index (κ1) is 12.1. The van der Waals surface area contributed by atoms with Crippen molar-refractivity contribution >= 4 is 5.97 Å². The largest absolute Gasteiger partial charge is 0.481 e. The molecule has 1 fully saturated rings. The third kappa shape index (κ3) is 2.50. The third-order valence-electron chi connectivity index (χ3n) is 3.50. The fourth-order valence-electron chi connectivity index (χ4n) is 2.63. The molecule has 3 nitrogen and oxygen atoms in total. The average Bonchev–Trinajstić information content (AvgIpc) is 2.97. The summed E-state index contributed by atoms with van der Waals surface area (Å²) in [6.07, 6.45) is 0.798. The van der Waals surface area contributed by atoms with Gasteiger partial charge in [0.1, 0.15) is 0 Å². The van der Waals surface area contributed by atoms with E-state index in [1.807, 2.05) is 20.2 Å². The lowest BCUT2D eigenvalue weighted by molar-refractivity contribution is -0.139. The molecule has 0 bridgehead atoms. The number of nitrogens with zero attached hydrogens (tertiary/aromatic N) is 1. The molecule has 2 rings (SSSR count). The number of aliphatic carboxylic acids is 1. The zero-order valence-corrected chi connectivity index (χ0v) is 10.6. The van der Waals surface area contributed by atoms with Crippen molar-refractivity contribution in [3.05, 3.63) is 35.4 Å². The van der Waals surface area contributed by atoms with Crippen LogP contribution >= 0.6 is 0 Å². The lowest BCUT2D eigenvalue weighted by Gasteiger charge is -2.25. The number of hydrogen-bond acceptors (Lipinski definition) is 2. The normalized spacial score (nSPS) is 24.7. The van der Waals surface area contributed by atoms with Crippen molar-refractivity contribution in [2.75, 3.05) is 14.1 Å². The van der Waals surface area contributed by atoms with Gasteiger partial charge in [-0.25, -0.2) is 0 Å². The van der Waals surface area contributed by atoms with Gasteiger partial charge in [-0.15, -0.1) is 0 Å². The quantitative estimate of drug-likeness (QED) is 0.867. The average molecular weight is 233 g/mol. The molecule has 0 aliphatic heterocycles. The van der Waals surface area contributed by atoms with E-state index < -0.39 is 5.97 Å². The lowest BCUT2D eigenvalue weighted by atomic mass is 9.98. The first-order valence-electron chi connectivity index (χ1n) is 5.96. The zero-order valence-electron chi connectivity index (χ0n) is 10.6. The van der Waals surface area contributed by atoms with E-state index in [4.69, 9.17) is 5.11 Å². The number of aryl methyl sites for hydroxylation is 1. The van der Waals surface area contributed by atoms with Crippen LogP contribution in [0.2, 0.25) is 0 Å². The van der Waals surface area contributed by atoms with Crippen LogP contribution in [0, 0.1) is 18.8 Å². The molecule has 0 spiro atoms. The van der Waals surface area contributed by atoms with Crippen molar-refractivity contribution in [2.24, 2.45) is 11.8 Å². The number of carboxylic acids is 1. The Kier molecular flexibility index (Phi) is 3.20. The van der Waals surface area contributed by atoms with Crippen molar-refractivity contribution in [1.82, 2.24) is 4.90 Å². The smallest absolute Gasteiger partial charge is 0.306 e. The van der Waals surface area contributed by atoms with Gasteiger partial charge in [-0.3, -0.25) is 4.79 Å². The summed E-state index contributed by atoms with van der Waals surface area (Å²) in [5.74, 6) is -0.568. The molecule has 0 aromatic heterocycles. The number of carboxylic acid groups (broad SMARTS) is 1. The summed E-state index contributed by atoms with van der Waals surface area (Å²) in [7, 11) is 4.04. The van der Waals surface area contributed by atoms with Crippen molar-refractivity contribution in [3.8, 4) is 0 Å². The minimum absolute atomic E-state index is 0.164. The topological polar surface area (TPSA) is 40.5 Å². The van der Waals surface area contributed by atoms with Gasteiger partial charge in [-0.1, -0.05) is 29.8 Å². The predicted molar refractivity (Wildman–Crippen MR) is 66.8 cm³/mol. The Labute approximate surface area is 102 Å². The Morgan fingerprint density at radius 2 is 2.18 bits per heavy atom. The van der Waals surface area contributed by atoms with E-state index >= 15 is 0 Å². The summed E-state index contributed by atoms with van der Waals surface area (Å²) in [6, 6.07) is 8.57. The maximum absolute atomic E-state index is 11.0. The molecule has 0 amide bonds. The number of benzene rings is 1. The molecule has 3 atom stereocenters. The van der Waals surface area contributed by atoms with Crippen molar-refractivity contribution < 1.29 is 9.90 Å². The maximum atomic E-state index is 11.0. The molecular weight excluding hydrogens is 214 g/mol. The summed E-state index contributed by atoms with van der Waals surface area (Å²) < 4.78 is 0. The van der Waals surface area contributed by atoms with Crippen LogP contribution in [0.4, 0.5) is 0 Å². The van der Waals surface area contributed by atoms with Gasteiger partial charge >= 0.3 is 5.97 Å². The summed E-state index contributed by atoms with van der Waals surface area (Å²) in [6.45, 7) is 2.07. The zero-order chi connectivity index (χ0) is 12.6. The lowest BCUT2D eigenvalue weighted by Crippen LogP contribution is -2.23. The fraction of sp³-hybridized carbons (Fsp3) is 0.500.